The molecule has 2 saturated heterocycles. The fraction of sp³-hybridized carbons (Fsp3) is 0.667. The summed E-state index contributed by atoms with van der Waals surface area (Å²) in [4.78, 5) is 11.0. The summed E-state index contributed by atoms with van der Waals surface area (Å²) in [5.41, 5.74) is 3.77. The SMILES string of the molecule is c1cnc2[nH]c([C@@H]3CCCO3)c(CN3CCC[C@@H]4CCCC[C@@H]43)c2c1. The molecule has 4 nitrogen and oxygen atoms in total. The van der Waals surface area contributed by atoms with Gasteiger partial charge in [0.2, 0.25) is 0 Å². The first kappa shape index (κ1) is 15.8. The first-order valence-electron chi connectivity index (χ1n) is 10.2. The maximum atomic E-state index is 6.03. The standard InChI is InChI=1S/C21H29N3O/c1-2-9-18-15(6-1)7-4-12-24(18)14-17-16-8-3-11-22-21(16)23-20(17)19-10-5-13-25-19/h3,8,11,15,18-19H,1-2,4-7,9-10,12-14H2,(H,22,23)/t15-,18-,19-/m0/s1. The Labute approximate surface area is 150 Å². The lowest BCUT2D eigenvalue weighted by molar-refractivity contribution is 0.0533. The maximum absolute atomic E-state index is 6.03. The number of fused-ring (bicyclic) bond motifs is 2. The van der Waals surface area contributed by atoms with E-state index in [2.05, 4.69) is 27.0 Å². The molecule has 2 aromatic heterocycles. The Hall–Kier alpha value is -1.39. The number of piperidine rings is 1. The zero-order chi connectivity index (χ0) is 16.6. The quantitative estimate of drug-likeness (QED) is 0.890. The summed E-state index contributed by atoms with van der Waals surface area (Å²) in [6.07, 6.45) is 12.9. The Kier molecular flexibility index (Phi) is 4.26. The monoisotopic (exact) mass is 339 g/mol. The van der Waals surface area contributed by atoms with Crippen molar-refractivity contribution in [2.45, 2.75) is 70.1 Å². The molecule has 4 heteroatoms. The van der Waals surface area contributed by atoms with Crippen LogP contribution in [-0.4, -0.2) is 34.1 Å². The van der Waals surface area contributed by atoms with E-state index in [1.165, 1.54) is 68.1 Å². The number of aromatic amines is 1. The van der Waals surface area contributed by atoms with Gasteiger partial charge in [0.15, 0.2) is 0 Å². The third-order valence-corrected chi connectivity index (χ3v) is 6.68. The zero-order valence-electron chi connectivity index (χ0n) is 15.0. The topological polar surface area (TPSA) is 41.1 Å². The van der Waals surface area contributed by atoms with Gasteiger partial charge in [-0.2, -0.15) is 0 Å². The number of hydrogen-bond donors (Lipinski definition) is 1. The van der Waals surface area contributed by atoms with Crippen molar-refractivity contribution in [3.8, 4) is 0 Å². The maximum Gasteiger partial charge on any atom is 0.137 e. The van der Waals surface area contributed by atoms with Crippen LogP contribution in [0.3, 0.4) is 0 Å². The van der Waals surface area contributed by atoms with E-state index < -0.39 is 0 Å². The van der Waals surface area contributed by atoms with Crippen LogP contribution < -0.4 is 0 Å². The van der Waals surface area contributed by atoms with E-state index in [-0.39, 0.29) is 6.10 Å². The van der Waals surface area contributed by atoms with Crippen LogP contribution in [0.1, 0.15) is 68.7 Å². The number of nitrogens with one attached hydrogen (secondary N) is 1. The van der Waals surface area contributed by atoms with Crippen molar-refractivity contribution in [1.29, 1.82) is 0 Å². The molecule has 1 saturated carbocycles. The average molecular weight is 339 g/mol. The molecule has 2 aromatic rings. The van der Waals surface area contributed by atoms with E-state index in [4.69, 9.17) is 4.74 Å². The molecule has 4 heterocycles. The second-order valence-electron chi connectivity index (χ2n) is 8.14. The van der Waals surface area contributed by atoms with Gasteiger partial charge in [-0.05, 0) is 68.7 Å². The van der Waals surface area contributed by atoms with Gasteiger partial charge in [0, 0.05) is 30.8 Å². The molecule has 134 valence electrons. The molecule has 0 aromatic carbocycles. The minimum Gasteiger partial charge on any atom is -0.372 e. The number of nitrogens with zero attached hydrogens (tertiary/aromatic N) is 2. The number of rotatable bonds is 3. The Morgan fingerprint density at radius 2 is 2.04 bits per heavy atom. The molecule has 3 fully saturated rings. The van der Waals surface area contributed by atoms with Gasteiger partial charge in [-0.25, -0.2) is 4.98 Å². The van der Waals surface area contributed by atoms with Gasteiger partial charge in [-0.15, -0.1) is 0 Å². The fourth-order valence-corrected chi connectivity index (χ4v) is 5.47. The van der Waals surface area contributed by atoms with Crippen LogP contribution in [0.2, 0.25) is 0 Å². The van der Waals surface area contributed by atoms with Crippen molar-refractivity contribution in [2.75, 3.05) is 13.2 Å². The molecule has 2 aliphatic heterocycles. The largest absolute Gasteiger partial charge is 0.372 e. The molecule has 1 aliphatic carbocycles. The molecule has 0 spiro atoms. The summed E-state index contributed by atoms with van der Waals surface area (Å²) in [7, 11) is 0. The number of pyridine rings is 1. The molecule has 3 atom stereocenters. The van der Waals surface area contributed by atoms with Crippen molar-refractivity contribution in [3.63, 3.8) is 0 Å². The van der Waals surface area contributed by atoms with E-state index in [1.807, 2.05) is 6.20 Å². The summed E-state index contributed by atoms with van der Waals surface area (Å²) in [6, 6.07) is 5.09. The van der Waals surface area contributed by atoms with Crippen LogP contribution in [0.25, 0.3) is 11.0 Å². The Balaban J connectivity index is 1.49. The normalized spacial score (nSPS) is 30.6. The first-order valence-corrected chi connectivity index (χ1v) is 10.2. The number of aromatic nitrogens is 2. The Morgan fingerprint density at radius 3 is 2.96 bits per heavy atom. The van der Waals surface area contributed by atoms with Crippen molar-refractivity contribution < 1.29 is 4.74 Å². The van der Waals surface area contributed by atoms with Crippen molar-refractivity contribution >= 4 is 11.0 Å². The van der Waals surface area contributed by atoms with Gasteiger partial charge in [0.1, 0.15) is 5.65 Å². The number of hydrogen-bond acceptors (Lipinski definition) is 3. The molecule has 0 bridgehead atoms. The van der Waals surface area contributed by atoms with Gasteiger partial charge >= 0.3 is 0 Å². The molecule has 3 aliphatic rings. The molecule has 0 radical (unpaired) electrons. The minimum atomic E-state index is 0.233. The molecular formula is C21H29N3O. The van der Waals surface area contributed by atoms with Gasteiger partial charge in [0.25, 0.3) is 0 Å². The van der Waals surface area contributed by atoms with E-state index >= 15 is 0 Å². The second kappa shape index (κ2) is 6.73. The zero-order valence-corrected chi connectivity index (χ0v) is 15.0. The van der Waals surface area contributed by atoms with Crippen LogP contribution in [0.5, 0.6) is 0 Å². The van der Waals surface area contributed by atoms with Crippen molar-refractivity contribution in [1.82, 2.24) is 14.9 Å². The predicted molar refractivity (Wildman–Crippen MR) is 99.4 cm³/mol. The van der Waals surface area contributed by atoms with Gasteiger partial charge in [-0.3, -0.25) is 4.90 Å². The summed E-state index contributed by atoms with van der Waals surface area (Å²) in [5.74, 6) is 0.928. The van der Waals surface area contributed by atoms with E-state index in [1.54, 1.807) is 0 Å². The van der Waals surface area contributed by atoms with Crippen LogP contribution >= 0.6 is 0 Å². The molecule has 0 unspecified atom stereocenters. The van der Waals surface area contributed by atoms with E-state index in [0.717, 1.165) is 37.2 Å². The molecule has 25 heavy (non-hydrogen) atoms. The highest BCUT2D eigenvalue weighted by molar-refractivity contribution is 5.81. The van der Waals surface area contributed by atoms with Crippen LogP contribution in [-0.2, 0) is 11.3 Å². The predicted octanol–water partition coefficient (Wildman–Crippen LogP) is 4.57. The highest BCUT2D eigenvalue weighted by atomic mass is 16.5. The summed E-state index contributed by atoms with van der Waals surface area (Å²) in [6.45, 7) is 3.20. The highest BCUT2D eigenvalue weighted by Gasteiger charge is 2.34. The van der Waals surface area contributed by atoms with Crippen LogP contribution in [0, 0.1) is 5.92 Å². The first-order chi connectivity index (χ1) is 12.4. The lowest BCUT2D eigenvalue weighted by Crippen LogP contribution is -2.46. The smallest absolute Gasteiger partial charge is 0.137 e. The van der Waals surface area contributed by atoms with E-state index in [9.17, 15) is 0 Å². The summed E-state index contributed by atoms with van der Waals surface area (Å²) in [5, 5.41) is 1.30. The van der Waals surface area contributed by atoms with Gasteiger partial charge in [0.05, 0.1) is 11.8 Å². The number of ether oxygens (including phenoxy) is 1. The molecule has 1 N–H and O–H groups in total. The summed E-state index contributed by atoms with van der Waals surface area (Å²) < 4.78 is 6.03. The van der Waals surface area contributed by atoms with Crippen LogP contribution in [0.15, 0.2) is 18.3 Å². The lowest BCUT2D eigenvalue weighted by Gasteiger charge is -2.44. The van der Waals surface area contributed by atoms with Crippen molar-refractivity contribution in [3.05, 3.63) is 29.6 Å². The number of H-pyrrole nitrogens is 1. The second-order valence-corrected chi connectivity index (χ2v) is 8.14. The van der Waals surface area contributed by atoms with Crippen molar-refractivity contribution in [2.24, 2.45) is 5.92 Å². The van der Waals surface area contributed by atoms with Crippen LogP contribution in [0.4, 0.5) is 0 Å². The van der Waals surface area contributed by atoms with Gasteiger partial charge in [-0.1, -0.05) is 12.8 Å². The Morgan fingerprint density at radius 1 is 1.12 bits per heavy atom. The third-order valence-electron chi connectivity index (χ3n) is 6.68. The molecular weight excluding hydrogens is 310 g/mol. The molecule has 0 amide bonds. The highest BCUT2D eigenvalue weighted by Crippen LogP contribution is 2.39. The number of likely N-dealkylation sites (tertiary alicyclic amines) is 1. The fourth-order valence-electron chi connectivity index (χ4n) is 5.47. The minimum absolute atomic E-state index is 0.233. The average Bonchev–Trinajstić information content (AvgIpc) is 3.30. The van der Waals surface area contributed by atoms with Gasteiger partial charge < -0.3 is 9.72 Å². The molecule has 5 rings (SSSR count). The Bertz CT molecular complexity index is 732. The third kappa shape index (κ3) is 2.89. The van der Waals surface area contributed by atoms with E-state index in [0.29, 0.717) is 0 Å². The lowest BCUT2D eigenvalue weighted by atomic mass is 9.78. The summed E-state index contributed by atoms with van der Waals surface area (Å²) >= 11 is 0.